The highest BCUT2D eigenvalue weighted by Gasteiger charge is 2.05. The van der Waals surface area contributed by atoms with Gasteiger partial charge in [0.1, 0.15) is 0 Å². The molecule has 2 nitrogen and oxygen atoms in total. The number of rotatable bonds is 1. The van der Waals surface area contributed by atoms with Crippen LogP contribution in [0.3, 0.4) is 0 Å². The number of thiophene rings is 1. The van der Waals surface area contributed by atoms with Gasteiger partial charge in [-0.3, -0.25) is 4.79 Å². The molecule has 0 amide bonds. The molecule has 1 heterocycles. The molecule has 1 aromatic heterocycles. The number of carbonyl (C=O) groups is 1. The van der Waals surface area contributed by atoms with E-state index < -0.39 is 0 Å². The first-order chi connectivity index (χ1) is 6.22. The summed E-state index contributed by atoms with van der Waals surface area (Å²) in [5.41, 5.74) is 6.82. The van der Waals surface area contributed by atoms with Gasteiger partial charge in [-0.2, -0.15) is 0 Å². The molecule has 2 rings (SSSR count). The largest absolute Gasteiger partial charge is 0.398 e. The molecule has 66 valence electrons. The molecule has 0 spiro atoms. The number of carbonyl (C=O) groups excluding carboxylic acids is 1. The molecule has 0 aliphatic rings. The molecule has 0 unspecified atom stereocenters. The summed E-state index contributed by atoms with van der Waals surface area (Å²) in [4.78, 5) is 10.6. The average Bonchev–Trinajstić information content (AvgIpc) is 2.47. The highest BCUT2D eigenvalue weighted by atomic mass is 127. The van der Waals surface area contributed by atoms with Gasteiger partial charge in [0, 0.05) is 30.3 Å². The van der Waals surface area contributed by atoms with E-state index in [-0.39, 0.29) is 0 Å². The van der Waals surface area contributed by atoms with E-state index in [0.29, 0.717) is 11.3 Å². The van der Waals surface area contributed by atoms with Crippen LogP contribution in [0.1, 0.15) is 10.4 Å². The van der Waals surface area contributed by atoms with Crippen LogP contribution < -0.4 is 5.73 Å². The van der Waals surface area contributed by atoms with Gasteiger partial charge in [-0.05, 0) is 34.7 Å². The molecular weight excluding hydrogens is 297 g/mol. The third kappa shape index (κ3) is 1.44. The Morgan fingerprint density at radius 2 is 2.23 bits per heavy atom. The molecule has 4 heteroatoms. The van der Waals surface area contributed by atoms with Crippen molar-refractivity contribution >= 4 is 56.0 Å². The highest BCUT2D eigenvalue weighted by Crippen LogP contribution is 2.30. The van der Waals surface area contributed by atoms with E-state index in [4.69, 9.17) is 5.73 Å². The molecule has 2 aromatic rings. The topological polar surface area (TPSA) is 43.1 Å². The van der Waals surface area contributed by atoms with Gasteiger partial charge in [0.05, 0.1) is 0 Å². The summed E-state index contributed by atoms with van der Waals surface area (Å²) in [7, 11) is 0. The Bertz CT molecular complexity index is 478. The Kier molecular flexibility index (Phi) is 2.25. The Hall–Kier alpha value is -0.620. The molecule has 1 aromatic carbocycles. The van der Waals surface area contributed by atoms with Gasteiger partial charge in [0.15, 0.2) is 6.29 Å². The standard InChI is InChI=1S/C9H6INOS/c10-7-4-13-9-1-5(3-12)8(11)2-6(7)9/h1-4H,11H2. The summed E-state index contributed by atoms with van der Waals surface area (Å²) in [5.74, 6) is 0. The van der Waals surface area contributed by atoms with Crippen molar-refractivity contribution in [2.75, 3.05) is 5.73 Å². The zero-order valence-corrected chi connectivity index (χ0v) is 9.56. The monoisotopic (exact) mass is 303 g/mol. The van der Waals surface area contributed by atoms with Gasteiger partial charge >= 0.3 is 0 Å². The van der Waals surface area contributed by atoms with Crippen molar-refractivity contribution in [3.63, 3.8) is 0 Å². The minimum absolute atomic E-state index is 0.554. The lowest BCUT2D eigenvalue weighted by Gasteiger charge is -1.98. The zero-order chi connectivity index (χ0) is 9.42. The molecule has 0 radical (unpaired) electrons. The van der Waals surface area contributed by atoms with E-state index in [1.165, 1.54) is 3.57 Å². The van der Waals surface area contributed by atoms with Crippen LogP contribution in [0.5, 0.6) is 0 Å². The fraction of sp³-hybridized carbons (Fsp3) is 0. The van der Waals surface area contributed by atoms with E-state index in [1.54, 1.807) is 11.3 Å². The number of anilines is 1. The zero-order valence-electron chi connectivity index (χ0n) is 6.58. The van der Waals surface area contributed by atoms with Crippen LogP contribution in [0.2, 0.25) is 0 Å². The third-order valence-electron chi connectivity index (χ3n) is 1.86. The number of benzene rings is 1. The maximum atomic E-state index is 10.6. The Morgan fingerprint density at radius 1 is 1.46 bits per heavy atom. The number of nitrogen functional groups attached to an aromatic ring is 1. The summed E-state index contributed by atoms with van der Waals surface area (Å²) >= 11 is 3.89. The third-order valence-corrected chi connectivity index (χ3v) is 4.12. The molecule has 0 atom stereocenters. The Labute approximate surface area is 92.9 Å². The van der Waals surface area contributed by atoms with Crippen molar-refractivity contribution in [3.8, 4) is 0 Å². The predicted octanol–water partition coefficient (Wildman–Crippen LogP) is 2.90. The van der Waals surface area contributed by atoms with E-state index in [0.717, 1.165) is 16.4 Å². The molecule has 0 saturated heterocycles. The predicted molar refractivity (Wildman–Crippen MR) is 64.3 cm³/mol. The molecule has 0 bridgehead atoms. The Balaban J connectivity index is 2.83. The molecule has 0 fully saturated rings. The number of fused-ring (bicyclic) bond motifs is 1. The fourth-order valence-corrected chi connectivity index (χ4v) is 3.04. The number of hydrogen-bond acceptors (Lipinski definition) is 3. The van der Waals surface area contributed by atoms with Crippen molar-refractivity contribution < 1.29 is 4.79 Å². The van der Waals surface area contributed by atoms with E-state index in [2.05, 4.69) is 28.0 Å². The SMILES string of the molecule is Nc1cc2c(I)csc2cc1C=O. The number of nitrogens with two attached hydrogens (primary N) is 1. The number of hydrogen-bond donors (Lipinski definition) is 1. The van der Waals surface area contributed by atoms with Crippen LogP contribution in [-0.2, 0) is 0 Å². The van der Waals surface area contributed by atoms with Gasteiger partial charge in [-0.1, -0.05) is 0 Å². The van der Waals surface area contributed by atoms with Gasteiger partial charge in [-0.25, -0.2) is 0 Å². The van der Waals surface area contributed by atoms with Crippen LogP contribution in [0.15, 0.2) is 17.5 Å². The van der Waals surface area contributed by atoms with Crippen LogP contribution in [-0.4, -0.2) is 6.29 Å². The highest BCUT2D eigenvalue weighted by molar-refractivity contribution is 14.1. The second-order valence-corrected chi connectivity index (χ2v) is 4.75. The first kappa shape index (κ1) is 8.96. The molecule has 13 heavy (non-hydrogen) atoms. The van der Waals surface area contributed by atoms with E-state index >= 15 is 0 Å². The maximum Gasteiger partial charge on any atom is 0.152 e. The Morgan fingerprint density at radius 3 is 2.92 bits per heavy atom. The van der Waals surface area contributed by atoms with Gasteiger partial charge in [-0.15, -0.1) is 11.3 Å². The van der Waals surface area contributed by atoms with Crippen LogP contribution in [0, 0.1) is 3.57 Å². The fourth-order valence-electron chi connectivity index (χ4n) is 1.18. The number of aldehydes is 1. The lowest BCUT2D eigenvalue weighted by molar-refractivity contribution is 0.112. The minimum atomic E-state index is 0.554. The molecule has 0 aliphatic carbocycles. The van der Waals surface area contributed by atoms with E-state index in [9.17, 15) is 4.79 Å². The van der Waals surface area contributed by atoms with Crippen LogP contribution >= 0.6 is 33.9 Å². The summed E-state index contributed by atoms with van der Waals surface area (Å²) in [6.45, 7) is 0. The summed E-state index contributed by atoms with van der Waals surface area (Å²) in [6.07, 6.45) is 0.793. The van der Waals surface area contributed by atoms with E-state index in [1.807, 2.05) is 12.1 Å². The summed E-state index contributed by atoms with van der Waals surface area (Å²) < 4.78 is 2.29. The molecule has 0 aliphatic heterocycles. The van der Waals surface area contributed by atoms with Gasteiger partial charge in [0.25, 0.3) is 0 Å². The molecular formula is C9H6INOS. The smallest absolute Gasteiger partial charge is 0.152 e. The lowest BCUT2D eigenvalue weighted by Crippen LogP contribution is -1.91. The average molecular weight is 303 g/mol. The molecule has 2 N–H and O–H groups in total. The molecule has 0 saturated carbocycles. The minimum Gasteiger partial charge on any atom is -0.398 e. The summed E-state index contributed by atoms with van der Waals surface area (Å²) in [5, 5.41) is 3.19. The number of halogens is 1. The normalized spacial score (nSPS) is 10.5. The van der Waals surface area contributed by atoms with Crippen molar-refractivity contribution in [2.45, 2.75) is 0 Å². The first-order valence-electron chi connectivity index (χ1n) is 3.64. The van der Waals surface area contributed by atoms with Crippen molar-refractivity contribution in [1.29, 1.82) is 0 Å². The second-order valence-electron chi connectivity index (χ2n) is 2.68. The maximum absolute atomic E-state index is 10.6. The quantitative estimate of drug-likeness (QED) is 0.500. The first-order valence-corrected chi connectivity index (χ1v) is 5.59. The van der Waals surface area contributed by atoms with Gasteiger partial charge in [0.2, 0.25) is 0 Å². The van der Waals surface area contributed by atoms with Crippen LogP contribution in [0.25, 0.3) is 10.1 Å². The van der Waals surface area contributed by atoms with Gasteiger partial charge < -0.3 is 5.73 Å². The second kappa shape index (κ2) is 3.26. The van der Waals surface area contributed by atoms with Crippen LogP contribution in [0.4, 0.5) is 5.69 Å². The lowest BCUT2D eigenvalue weighted by atomic mass is 10.1. The van der Waals surface area contributed by atoms with Crippen molar-refractivity contribution in [1.82, 2.24) is 0 Å². The summed E-state index contributed by atoms with van der Waals surface area (Å²) in [6, 6.07) is 3.70. The van der Waals surface area contributed by atoms with Crippen molar-refractivity contribution in [2.24, 2.45) is 0 Å². The van der Waals surface area contributed by atoms with Crippen molar-refractivity contribution in [3.05, 3.63) is 26.6 Å².